The fourth-order valence-corrected chi connectivity index (χ4v) is 3.23. The highest BCUT2D eigenvalue weighted by Crippen LogP contribution is 2.33. The molecule has 0 spiro atoms. The van der Waals surface area contributed by atoms with Crippen molar-refractivity contribution in [2.45, 2.75) is 0 Å². The van der Waals surface area contributed by atoms with Gasteiger partial charge in [0.25, 0.3) is 0 Å². The van der Waals surface area contributed by atoms with Crippen molar-refractivity contribution in [2.75, 3.05) is 0 Å². The van der Waals surface area contributed by atoms with E-state index in [2.05, 4.69) is 15.0 Å². The Bertz CT molecular complexity index is 1300. The Hall–Kier alpha value is -3.73. The van der Waals surface area contributed by atoms with Crippen LogP contribution in [-0.2, 0) is 0 Å². The Labute approximate surface area is 148 Å². The average Bonchev–Trinajstić information content (AvgIpc) is 3.16. The standard InChI is InChI=1S/C21H14N4O/c26-19-8-9-22-21-16(19)11-15(20(25-21)13-4-2-1-3-5-13)14-6-7-17-18(10-14)24-12-23-17/h1-12H,(H,23,24)(H,22,25,26). The monoisotopic (exact) mass is 338 g/mol. The van der Waals surface area contributed by atoms with E-state index in [1.165, 1.54) is 6.07 Å². The molecular weight excluding hydrogens is 324 g/mol. The molecule has 5 aromatic rings. The van der Waals surface area contributed by atoms with Gasteiger partial charge in [-0.15, -0.1) is 0 Å². The van der Waals surface area contributed by atoms with Crippen LogP contribution in [0.15, 0.2) is 78.0 Å². The third-order valence-corrected chi connectivity index (χ3v) is 4.52. The molecule has 5 nitrogen and oxygen atoms in total. The van der Waals surface area contributed by atoms with Crippen molar-refractivity contribution in [3.05, 3.63) is 83.4 Å². The van der Waals surface area contributed by atoms with E-state index in [1.807, 2.05) is 54.6 Å². The number of fused-ring (bicyclic) bond motifs is 2. The third kappa shape index (κ3) is 2.29. The summed E-state index contributed by atoms with van der Waals surface area (Å²) in [7, 11) is 0. The quantitative estimate of drug-likeness (QED) is 0.508. The van der Waals surface area contributed by atoms with Crippen molar-refractivity contribution in [3.63, 3.8) is 0 Å². The van der Waals surface area contributed by atoms with E-state index in [4.69, 9.17) is 4.98 Å². The van der Waals surface area contributed by atoms with Gasteiger partial charge in [-0.25, -0.2) is 9.97 Å². The van der Waals surface area contributed by atoms with Gasteiger partial charge in [-0.05, 0) is 23.8 Å². The average molecular weight is 338 g/mol. The Kier molecular flexibility index (Phi) is 3.18. The molecule has 2 aromatic carbocycles. The van der Waals surface area contributed by atoms with Crippen molar-refractivity contribution < 1.29 is 0 Å². The number of aromatic nitrogens is 4. The summed E-state index contributed by atoms with van der Waals surface area (Å²) in [5.74, 6) is 0. The predicted octanol–water partition coefficient (Wildman–Crippen LogP) is 4.13. The molecule has 0 fully saturated rings. The first-order valence-corrected chi connectivity index (χ1v) is 8.31. The zero-order valence-corrected chi connectivity index (χ0v) is 13.7. The van der Waals surface area contributed by atoms with Gasteiger partial charge in [0, 0.05) is 23.4 Å². The van der Waals surface area contributed by atoms with Crippen LogP contribution in [0.4, 0.5) is 0 Å². The van der Waals surface area contributed by atoms with Gasteiger partial charge < -0.3 is 9.97 Å². The maximum absolute atomic E-state index is 12.3. The molecule has 124 valence electrons. The molecule has 0 aliphatic rings. The lowest BCUT2D eigenvalue weighted by molar-refractivity contribution is 1.28. The molecule has 26 heavy (non-hydrogen) atoms. The molecule has 0 saturated carbocycles. The molecular formula is C21H14N4O. The molecule has 0 aliphatic carbocycles. The molecule has 0 unspecified atom stereocenters. The molecule has 5 heteroatoms. The molecule has 0 amide bonds. The highest BCUT2D eigenvalue weighted by Gasteiger charge is 2.13. The number of hydrogen-bond acceptors (Lipinski definition) is 3. The lowest BCUT2D eigenvalue weighted by Gasteiger charge is -2.11. The molecule has 3 aromatic heterocycles. The maximum Gasteiger partial charge on any atom is 0.191 e. The Balaban J connectivity index is 1.86. The van der Waals surface area contributed by atoms with Crippen molar-refractivity contribution in [1.29, 1.82) is 0 Å². The topological polar surface area (TPSA) is 74.4 Å². The highest BCUT2D eigenvalue weighted by molar-refractivity contribution is 5.92. The Morgan fingerprint density at radius 2 is 1.73 bits per heavy atom. The summed E-state index contributed by atoms with van der Waals surface area (Å²) in [4.78, 5) is 27.6. The Morgan fingerprint density at radius 1 is 0.846 bits per heavy atom. The van der Waals surface area contributed by atoms with Gasteiger partial charge in [0.2, 0.25) is 0 Å². The van der Waals surface area contributed by atoms with E-state index in [9.17, 15) is 4.79 Å². The Morgan fingerprint density at radius 3 is 2.62 bits per heavy atom. The van der Waals surface area contributed by atoms with Gasteiger partial charge in [-0.1, -0.05) is 36.4 Å². The zero-order chi connectivity index (χ0) is 17.5. The van der Waals surface area contributed by atoms with Crippen LogP contribution in [0.25, 0.3) is 44.5 Å². The molecule has 3 heterocycles. The highest BCUT2D eigenvalue weighted by atomic mass is 16.1. The van der Waals surface area contributed by atoms with E-state index in [0.717, 1.165) is 33.4 Å². The van der Waals surface area contributed by atoms with Gasteiger partial charge in [-0.3, -0.25) is 4.79 Å². The van der Waals surface area contributed by atoms with Gasteiger partial charge in [0.05, 0.1) is 28.4 Å². The van der Waals surface area contributed by atoms with E-state index >= 15 is 0 Å². The second-order valence-electron chi connectivity index (χ2n) is 6.12. The molecule has 2 N–H and O–H groups in total. The minimum atomic E-state index is -0.0482. The number of aromatic amines is 2. The number of nitrogens with one attached hydrogen (secondary N) is 2. The van der Waals surface area contributed by atoms with Gasteiger partial charge in [-0.2, -0.15) is 0 Å². The molecule has 5 rings (SSSR count). The first kappa shape index (κ1) is 14.6. The molecule has 0 bridgehead atoms. The van der Waals surface area contributed by atoms with E-state index in [1.54, 1.807) is 12.5 Å². The first-order valence-electron chi connectivity index (χ1n) is 8.31. The lowest BCUT2D eigenvalue weighted by atomic mass is 9.97. The summed E-state index contributed by atoms with van der Waals surface area (Å²) in [6, 6.07) is 19.4. The number of hydrogen-bond donors (Lipinski definition) is 2. The van der Waals surface area contributed by atoms with Crippen LogP contribution in [0.2, 0.25) is 0 Å². The van der Waals surface area contributed by atoms with E-state index in [-0.39, 0.29) is 5.43 Å². The van der Waals surface area contributed by atoms with Crippen molar-refractivity contribution in [3.8, 4) is 22.4 Å². The summed E-state index contributed by atoms with van der Waals surface area (Å²) in [6.45, 7) is 0. The van der Waals surface area contributed by atoms with Crippen molar-refractivity contribution >= 4 is 22.1 Å². The first-order chi connectivity index (χ1) is 12.8. The summed E-state index contributed by atoms with van der Waals surface area (Å²) in [5, 5.41) is 0.573. The van der Waals surface area contributed by atoms with Gasteiger partial charge in [0.1, 0.15) is 5.65 Å². The van der Waals surface area contributed by atoms with Crippen LogP contribution in [-0.4, -0.2) is 19.9 Å². The normalized spacial score (nSPS) is 11.2. The lowest BCUT2D eigenvalue weighted by Crippen LogP contribution is -2.03. The SMILES string of the molecule is O=c1cc[nH]c2nc(-c3ccccc3)c(-c3ccc4[nH]cnc4c3)cc12. The molecule has 0 atom stereocenters. The zero-order valence-electron chi connectivity index (χ0n) is 13.7. The third-order valence-electron chi connectivity index (χ3n) is 4.52. The van der Waals surface area contributed by atoms with Crippen LogP contribution in [0.3, 0.4) is 0 Å². The number of pyridine rings is 2. The number of imidazole rings is 1. The number of rotatable bonds is 2. The maximum atomic E-state index is 12.3. The van der Waals surface area contributed by atoms with Crippen LogP contribution in [0, 0.1) is 0 Å². The largest absolute Gasteiger partial charge is 0.346 e. The van der Waals surface area contributed by atoms with Crippen LogP contribution in [0.5, 0.6) is 0 Å². The van der Waals surface area contributed by atoms with Crippen molar-refractivity contribution in [2.24, 2.45) is 0 Å². The summed E-state index contributed by atoms with van der Waals surface area (Å²) < 4.78 is 0. The fourth-order valence-electron chi connectivity index (χ4n) is 3.23. The molecule has 0 aliphatic heterocycles. The fraction of sp³-hybridized carbons (Fsp3) is 0. The predicted molar refractivity (Wildman–Crippen MR) is 103 cm³/mol. The minimum Gasteiger partial charge on any atom is -0.346 e. The van der Waals surface area contributed by atoms with Gasteiger partial charge >= 0.3 is 0 Å². The van der Waals surface area contributed by atoms with Crippen LogP contribution >= 0.6 is 0 Å². The summed E-state index contributed by atoms with van der Waals surface area (Å²) in [6.07, 6.45) is 3.30. The van der Waals surface area contributed by atoms with E-state index in [0.29, 0.717) is 11.0 Å². The summed E-state index contributed by atoms with van der Waals surface area (Å²) in [5.41, 5.74) is 6.09. The van der Waals surface area contributed by atoms with Gasteiger partial charge in [0.15, 0.2) is 5.43 Å². The van der Waals surface area contributed by atoms with Crippen LogP contribution in [0.1, 0.15) is 0 Å². The second-order valence-corrected chi connectivity index (χ2v) is 6.12. The second kappa shape index (κ2) is 5.67. The number of nitrogens with zero attached hydrogens (tertiary/aromatic N) is 2. The molecule has 0 saturated heterocycles. The number of benzene rings is 2. The smallest absolute Gasteiger partial charge is 0.191 e. The molecule has 0 radical (unpaired) electrons. The van der Waals surface area contributed by atoms with Crippen LogP contribution < -0.4 is 5.43 Å². The van der Waals surface area contributed by atoms with Crippen molar-refractivity contribution in [1.82, 2.24) is 19.9 Å². The van der Waals surface area contributed by atoms with E-state index < -0.39 is 0 Å². The minimum absolute atomic E-state index is 0.0482. The number of H-pyrrole nitrogens is 2. The summed E-state index contributed by atoms with van der Waals surface area (Å²) >= 11 is 0.